The number of hydrogen-bond acceptors (Lipinski definition) is 2. The predicted octanol–water partition coefficient (Wildman–Crippen LogP) is 0.923. The summed E-state index contributed by atoms with van der Waals surface area (Å²) >= 11 is 3.27. The van der Waals surface area contributed by atoms with Crippen molar-refractivity contribution in [3.8, 4) is 0 Å². The molecule has 1 aromatic rings. The Bertz CT molecular complexity index is 247. The van der Waals surface area contributed by atoms with Crippen molar-refractivity contribution >= 4 is 21.8 Å². The summed E-state index contributed by atoms with van der Waals surface area (Å²) in [4.78, 5) is 11.3. The molecule has 1 heterocycles. The summed E-state index contributed by atoms with van der Waals surface area (Å²) in [5, 5.41) is 9.79. The first-order valence-corrected chi connectivity index (χ1v) is 4.72. The molecule has 0 fully saturated rings. The lowest BCUT2D eigenvalue weighted by Crippen LogP contribution is -2.33. The van der Waals surface area contributed by atoms with Crippen molar-refractivity contribution in [2.45, 2.75) is 13.0 Å². The monoisotopic (exact) mass is 231 g/mol. The van der Waals surface area contributed by atoms with Gasteiger partial charge in [0.2, 0.25) is 0 Å². The minimum absolute atomic E-state index is 0.126. The average Bonchev–Trinajstić information content (AvgIpc) is 2.56. The van der Waals surface area contributed by atoms with Crippen LogP contribution in [-0.4, -0.2) is 27.5 Å². The first-order chi connectivity index (χ1) is 5.74. The number of nitrogens with one attached hydrogen (secondary N) is 2. The fraction of sp³-hybridized carbons (Fsp3) is 0.429. The van der Waals surface area contributed by atoms with Crippen LogP contribution in [0.1, 0.15) is 17.4 Å². The fourth-order valence-electron chi connectivity index (χ4n) is 0.722. The minimum atomic E-state index is -0.126. The average molecular weight is 232 g/mol. The van der Waals surface area contributed by atoms with Crippen molar-refractivity contribution < 1.29 is 4.79 Å². The number of amides is 1. The summed E-state index contributed by atoms with van der Waals surface area (Å²) in [7, 11) is 0. The summed E-state index contributed by atoms with van der Waals surface area (Å²) < 4.78 is 0. The predicted molar refractivity (Wildman–Crippen MR) is 49.3 cm³/mol. The van der Waals surface area contributed by atoms with Crippen LogP contribution >= 0.6 is 15.9 Å². The first kappa shape index (κ1) is 9.25. The third kappa shape index (κ3) is 2.34. The smallest absolute Gasteiger partial charge is 0.269 e. The molecule has 4 nitrogen and oxygen atoms in total. The highest BCUT2D eigenvalue weighted by Crippen LogP contribution is 1.94. The minimum Gasteiger partial charge on any atom is -0.347 e. The van der Waals surface area contributed by atoms with E-state index in [4.69, 9.17) is 0 Å². The lowest BCUT2D eigenvalue weighted by Gasteiger charge is -2.08. The van der Waals surface area contributed by atoms with Crippen molar-refractivity contribution in [1.29, 1.82) is 0 Å². The highest BCUT2D eigenvalue weighted by atomic mass is 79.9. The van der Waals surface area contributed by atoms with E-state index in [1.165, 1.54) is 0 Å². The van der Waals surface area contributed by atoms with Gasteiger partial charge < -0.3 is 5.32 Å². The molecule has 0 aromatic carbocycles. The number of aromatic nitrogens is 2. The number of H-pyrrole nitrogens is 1. The third-order valence-electron chi connectivity index (χ3n) is 1.35. The second kappa shape index (κ2) is 4.25. The Balaban J connectivity index is 2.50. The van der Waals surface area contributed by atoms with Gasteiger partial charge in [0.15, 0.2) is 0 Å². The van der Waals surface area contributed by atoms with E-state index in [0.29, 0.717) is 5.69 Å². The zero-order chi connectivity index (χ0) is 8.97. The van der Waals surface area contributed by atoms with E-state index < -0.39 is 0 Å². The lowest BCUT2D eigenvalue weighted by molar-refractivity contribution is 0.0939. The Kier molecular flexibility index (Phi) is 3.28. The fourth-order valence-corrected chi connectivity index (χ4v) is 0.884. The molecule has 1 rings (SSSR count). The maximum atomic E-state index is 11.3. The van der Waals surface area contributed by atoms with Crippen LogP contribution in [0.4, 0.5) is 0 Å². The maximum absolute atomic E-state index is 11.3. The lowest BCUT2D eigenvalue weighted by atomic mass is 10.3. The van der Waals surface area contributed by atoms with Gasteiger partial charge in [-0.3, -0.25) is 9.89 Å². The Hall–Kier alpha value is -0.840. The molecule has 1 atom stereocenters. The second-order valence-corrected chi connectivity index (χ2v) is 3.15. The van der Waals surface area contributed by atoms with Crippen LogP contribution in [0.2, 0.25) is 0 Å². The largest absolute Gasteiger partial charge is 0.347 e. The molecule has 5 heteroatoms. The first-order valence-electron chi connectivity index (χ1n) is 3.60. The number of rotatable bonds is 3. The van der Waals surface area contributed by atoms with Crippen LogP contribution in [0.25, 0.3) is 0 Å². The highest BCUT2D eigenvalue weighted by Gasteiger charge is 2.08. The Morgan fingerprint density at radius 1 is 1.92 bits per heavy atom. The van der Waals surface area contributed by atoms with E-state index in [1.807, 2.05) is 6.92 Å². The van der Waals surface area contributed by atoms with Gasteiger partial charge in [-0.2, -0.15) is 5.10 Å². The van der Waals surface area contributed by atoms with Gasteiger partial charge in [-0.05, 0) is 13.0 Å². The van der Waals surface area contributed by atoms with E-state index in [0.717, 1.165) is 5.33 Å². The summed E-state index contributed by atoms with van der Waals surface area (Å²) in [5.74, 6) is -0.126. The molecule has 12 heavy (non-hydrogen) atoms. The molecule has 0 radical (unpaired) electrons. The topological polar surface area (TPSA) is 57.8 Å². The Morgan fingerprint density at radius 3 is 3.17 bits per heavy atom. The standard InChI is InChI=1S/C7H10BrN3O/c1-5(4-8)10-7(12)6-2-3-9-11-6/h2-3,5H,4H2,1H3,(H,9,11)(H,10,12). The van der Waals surface area contributed by atoms with Gasteiger partial charge in [-0.15, -0.1) is 0 Å². The van der Waals surface area contributed by atoms with Crippen LogP contribution in [0, 0.1) is 0 Å². The van der Waals surface area contributed by atoms with Gasteiger partial charge in [0, 0.05) is 17.6 Å². The molecular weight excluding hydrogens is 222 g/mol. The van der Waals surface area contributed by atoms with E-state index in [-0.39, 0.29) is 11.9 Å². The molecule has 1 unspecified atom stereocenters. The zero-order valence-electron chi connectivity index (χ0n) is 6.67. The molecule has 0 bridgehead atoms. The molecule has 1 amide bonds. The molecule has 0 spiro atoms. The molecule has 66 valence electrons. The van der Waals surface area contributed by atoms with Crippen molar-refractivity contribution in [2.24, 2.45) is 0 Å². The summed E-state index contributed by atoms with van der Waals surface area (Å²) in [6.07, 6.45) is 1.55. The molecule has 0 aliphatic carbocycles. The Morgan fingerprint density at radius 2 is 2.67 bits per heavy atom. The van der Waals surface area contributed by atoms with Crippen LogP contribution in [-0.2, 0) is 0 Å². The molecule has 0 aliphatic rings. The highest BCUT2D eigenvalue weighted by molar-refractivity contribution is 9.09. The molecule has 2 N–H and O–H groups in total. The van der Waals surface area contributed by atoms with E-state index in [9.17, 15) is 4.79 Å². The second-order valence-electron chi connectivity index (χ2n) is 2.50. The van der Waals surface area contributed by atoms with Gasteiger partial charge in [-0.1, -0.05) is 15.9 Å². The van der Waals surface area contributed by atoms with Gasteiger partial charge in [0.25, 0.3) is 5.91 Å². The normalized spacial score (nSPS) is 12.5. The van der Waals surface area contributed by atoms with E-state index in [2.05, 4.69) is 31.4 Å². The van der Waals surface area contributed by atoms with Gasteiger partial charge in [0.1, 0.15) is 5.69 Å². The molecule has 0 aliphatic heterocycles. The number of hydrogen-bond donors (Lipinski definition) is 2. The van der Waals surface area contributed by atoms with Crippen LogP contribution in [0.5, 0.6) is 0 Å². The van der Waals surface area contributed by atoms with Crippen molar-refractivity contribution in [2.75, 3.05) is 5.33 Å². The quantitative estimate of drug-likeness (QED) is 0.761. The van der Waals surface area contributed by atoms with E-state index >= 15 is 0 Å². The molecule has 0 saturated heterocycles. The van der Waals surface area contributed by atoms with Gasteiger partial charge in [-0.25, -0.2) is 0 Å². The number of nitrogens with zero attached hydrogens (tertiary/aromatic N) is 1. The van der Waals surface area contributed by atoms with Gasteiger partial charge >= 0.3 is 0 Å². The zero-order valence-corrected chi connectivity index (χ0v) is 8.26. The maximum Gasteiger partial charge on any atom is 0.269 e. The van der Waals surface area contributed by atoms with E-state index in [1.54, 1.807) is 12.3 Å². The third-order valence-corrected chi connectivity index (χ3v) is 2.33. The molecule has 1 aromatic heterocycles. The Labute approximate surface area is 78.9 Å². The van der Waals surface area contributed by atoms with Crippen LogP contribution < -0.4 is 5.32 Å². The number of carbonyl (C=O) groups excluding carboxylic acids is 1. The number of carbonyl (C=O) groups is 1. The molecule has 0 saturated carbocycles. The van der Waals surface area contributed by atoms with Crippen LogP contribution in [0.15, 0.2) is 12.3 Å². The summed E-state index contributed by atoms with van der Waals surface area (Å²) in [5.41, 5.74) is 0.489. The SMILES string of the molecule is CC(CBr)NC(=O)c1ccn[nH]1. The molecular formula is C7H10BrN3O. The van der Waals surface area contributed by atoms with Crippen molar-refractivity contribution in [3.63, 3.8) is 0 Å². The number of halogens is 1. The number of alkyl halides is 1. The summed E-state index contributed by atoms with van der Waals surface area (Å²) in [6.45, 7) is 1.92. The van der Waals surface area contributed by atoms with Crippen LogP contribution in [0.3, 0.4) is 0 Å². The van der Waals surface area contributed by atoms with Crippen molar-refractivity contribution in [1.82, 2.24) is 15.5 Å². The summed E-state index contributed by atoms with van der Waals surface area (Å²) in [6, 6.07) is 1.76. The van der Waals surface area contributed by atoms with Crippen molar-refractivity contribution in [3.05, 3.63) is 18.0 Å². The van der Waals surface area contributed by atoms with Gasteiger partial charge in [0.05, 0.1) is 0 Å². The number of aromatic amines is 1.